The molecule has 0 spiro atoms. The molecule has 8 rings (SSSR count). The summed E-state index contributed by atoms with van der Waals surface area (Å²) in [6, 6.07) is 0. The highest BCUT2D eigenvalue weighted by Crippen LogP contribution is 2.77. The monoisotopic (exact) mass is 420 g/mol. The van der Waals surface area contributed by atoms with E-state index in [0.29, 0.717) is 0 Å². The molecule has 0 aliphatic heterocycles. The van der Waals surface area contributed by atoms with Gasteiger partial charge in [-0.1, -0.05) is 0 Å². The van der Waals surface area contributed by atoms with Gasteiger partial charge in [-0.25, -0.2) is 0 Å². The molecule has 8 saturated carbocycles. The molecule has 0 aromatic carbocycles. The van der Waals surface area contributed by atoms with E-state index in [2.05, 4.69) is 9.24 Å². The molecule has 8 aliphatic carbocycles. The van der Waals surface area contributed by atoms with Crippen molar-refractivity contribution in [3.05, 3.63) is 0 Å². The molecular formula is C20H32Cl2OP2. The average Bonchev–Trinajstić information content (AvgIpc) is 2.42. The van der Waals surface area contributed by atoms with Gasteiger partial charge >= 0.3 is 0 Å². The van der Waals surface area contributed by atoms with E-state index in [9.17, 15) is 4.57 Å². The van der Waals surface area contributed by atoms with E-state index in [4.69, 9.17) is 22.5 Å². The zero-order valence-corrected chi connectivity index (χ0v) is 18.7. The third kappa shape index (κ3) is 3.30. The van der Waals surface area contributed by atoms with Gasteiger partial charge in [-0.15, -0.1) is 9.24 Å². The van der Waals surface area contributed by atoms with E-state index in [1.165, 1.54) is 38.5 Å². The summed E-state index contributed by atoms with van der Waals surface area (Å²) < 4.78 is 12.0. The summed E-state index contributed by atoms with van der Waals surface area (Å²) in [7, 11) is 3.17. The molecule has 142 valence electrons. The van der Waals surface area contributed by atoms with Crippen molar-refractivity contribution in [3.8, 4) is 0 Å². The van der Waals surface area contributed by atoms with Crippen LogP contribution in [0.5, 0.6) is 0 Å². The highest BCUT2D eigenvalue weighted by atomic mass is 35.9. The fourth-order valence-electron chi connectivity index (χ4n) is 8.56. The molecule has 25 heavy (non-hydrogen) atoms. The smallest absolute Gasteiger partial charge is 0.259 e. The van der Waals surface area contributed by atoms with Crippen LogP contribution >= 0.6 is 37.6 Å². The topological polar surface area (TPSA) is 17.1 Å². The SMILES string of the molecule is O=P(Cl)(Cl)C12CC3CC(CC(C3)C1)C2.PC12CC3CC(CC(C3)C1)C2. The predicted molar refractivity (Wildman–Crippen MR) is 111 cm³/mol. The molecular weight excluding hydrogens is 389 g/mol. The van der Waals surface area contributed by atoms with Gasteiger partial charge in [0.2, 0.25) is 0 Å². The Morgan fingerprint density at radius 3 is 1.16 bits per heavy atom. The highest BCUT2D eigenvalue weighted by molar-refractivity contribution is 8.09. The maximum absolute atomic E-state index is 12.0. The highest BCUT2D eigenvalue weighted by Gasteiger charge is 2.58. The van der Waals surface area contributed by atoms with Gasteiger partial charge in [0, 0.05) is 0 Å². The Morgan fingerprint density at radius 2 is 0.920 bits per heavy atom. The molecule has 0 aromatic heterocycles. The van der Waals surface area contributed by atoms with Crippen molar-refractivity contribution in [2.24, 2.45) is 35.5 Å². The van der Waals surface area contributed by atoms with E-state index in [1.54, 1.807) is 19.3 Å². The summed E-state index contributed by atoms with van der Waals surface area (Å²) >= 11 is 11.9. The van der Waals surface area contributed by atoms with Crippen LogP contribution in [0, 0.1) is 35.5 Å². The Bertz CT molecular complexity index is 528. The van der Waals surface area contributed by atoms with Gasteiger partial charge in [-0.05, 0) is 140 Å². The second-order valence-corrected chi connectivity index (χ2v) is 17.4. The first kappa shape index (κ1) is 18.3. The predicted octanol–water partition coefficient (Wildman–Crippen LogP) is 7.46. The van der Waals surface area contributed by atoms with Crippen LogP contribution in [0.3, 0.4) is 0 Å². The Balaban J connectivity index is 0.000000115. The standard InChI is InChI=1S/C10H15Cl2OP.C10H17P/c11-14(12,13)10-4-7-1-8(5-10)3-9(2-7)6-10;11-10-4-7-1-8(5-10)3-9(2-7)6-10/h7-9H,1-6H2;7-9H,1-6,11H2. The first-order chi connectivity index (χ1) is 11.7. The first-order valence-electron chi connectivity index (χ1n) is 10.5. The fourth-order valence-corrected chi connectivity index (χ4v) is 12.2. The van der Waals surface area contributed by atoms with Crippen LogP contribution in [-0.4, -0.2) is 10.3 Å². The maximum Gasteiger partial charge on any atom is 0.259 e. The second kappa shape index (κ2) is 6.12. The van der Waals surface area contributed by atoms with E-state index in [0.717, 1.165) is 59.9 Å². The van der Waals surface area contributed by atoms with Crippen LogP contribution in [-0.2, 0) is 4.57 Å². The van der Waals surface area contributed by atoms with Gasteiger partial charge in [-0.3, -0.25) is 4.57 Å². The minimum absolute atomic E-state index is 0.176. The molecule has 1 atom stereocenters. The van der Waals surface area contributed by atoms with E-state index >= 15 is 0 Å². The lowest BCUT2D eigenvalue weighted by atomic mass is 9.56. The zero-order valence-electron chi connectivity index (χ0n) is 15.1. The van der Waals surface area contributed by atoms with Gasteiger partial charge in [0.25, 0.3) is 5.85 Å². The second-order valence-electron chi connectivity index (χ2n) is 10.9. The summed E-state index contributed by atoms with van der Waals surface area (Å²) in [6.45, 7) is 0. The number of halogens is 2. The number of hydrogen-bond donors (Lipinski definition) is 0. The van der Waals surface area contributed by atoms with Crippen LogP contribution in [0.15, 0.2) is 0 Å². The van der Waals surface area contributed by atoms with Crippen LogP contribution in [0.2, 0.25) is 0 Å². The van der Waals surface area contributed by atoms with Crippen LogP contribution < -0.4 is 0 Å². The molecule has 5 heteroatoms. The van der Waals surface area contributed by atoms with Gasteiger partial charge < -0.3 is 0 Å². The van der Waals surface area contributed by atoms with Gasteiger partial charge in [0.05, 0.1) is 5.16 Å². The molecule has 8 fully saturated rings. The first-order valence-corrected chi connectivity index (χ1v) is 14.6. The Kier molecular flexibility index (Phi) is 4.47. The van der Waals surface area contributed by atoms with Crippen molar-refractivity contribution >= 4 is 37.6 Å². The Morgan fingerprint density at radius 1 is 0.640 bits per heavy atom. The molecule has 0 amide bonds. The maximum atomic E-state index is 12.0. The quantitative estimate of drug-likeness (QED) is 0.402. The van der Waals surface area contributed by atoms with Crippen LogP contribution in [0.25, 0.3) is 0 Å². The summed E-state index contributed by atoms with van der Waals surface area (Å²) in [5, 5.41) is 0.541. The molecule has 1 nitrogen and oxygen atoms in total. The Labute approximate surface area is 164 Å². The number of rotatable bonds is 1. The third-order valence-electron chi connectivity index (χ3n) is 8.64. The molecule has 0 aromatic rings. The van der Waals surface area contributed by atoms with E-state index in [1.807, 2.05) is 0 Å². The summed E-state index contributed by atoms with van der Waals surface area (Å²) in [4.78, 5) is 0. The average molecular weight is 421 g/mol. The summed E-state index contributed by atoms with van der Waals surface area (Å²) in [5.74, 6) is 2.76. The molecule has 0 N–H and O–H groups in total. The lowest BCUT2D eigenvalue weighted by Gasteiger charge is -2.56. The van der Waals surface area contributed by atoms with Crippen LogP contribution in [0.1, 0.15) is 77.0 Å². The molecule has 0 heterocycles. The molecule has 0 saturated heterocycles. The zero-order chi connectivity index (χ0) is 17.4. The lowest BCUT2D eigenvalue weighted by Crippen LogP contribution is -2.48. The minimum Gasteiger partial charge on any atom is -0.289 e. The lowest BCUT2D eigenvalue weighted by molar-refractivity contribution is 0.0347. The van der Waals surface area contributed by atoms with E-state index in [-0.39, 0.29) is 5.16 Å². The van der Waals surface area contributed by atoms with Gasteiger partial charge in [0.15, 0.2) is 0 Å². The number of hydrogen-bond acceptors (Lipinski definition) is 1. The molecule has 8 aliphatic rings. The van der Waals surface area contributed by atoms with Crippen molar-refractivity contribution < 1.29 is 4.57 Å². The van der Waals surface area contributed by atoms with Crippen molar-refractivity contribution in [1.82, 2.24) is 0 Å². The van der Waals surface area contributed by atoms with Crippen LogP contribution in [0.4, 0.5) is 0 Å². The van der Waals surface area contributed by atoms with Crippen molar-refractivity contribution in [2.75, 3.05) is 0 Å². The van der Waals surface area contributed by atoms with Crippen molar-refractivity contribution in [1.29, 1.82) is 0 Å². The molecule has 0 radical (unpaired) electrons. The molecule has 1 unspecified atom stereocenters. The van der Waals surface area contributed by atoms with Gasteiger partial charge in [-0.2, -0.15) is 0 Å². The summed E-state index contributed by atoms with van der Waals surface area (Å²) in [5.41, 5.74) is 0. The minimum atomic E-state index is -2.92. The van der Waals surface area contributed by atoms with Gasteiger partial charge in [0.1, 0.15) is 0 Å². The van der Waals surface area contributed by atoms with Crippen molar-refractivity contribution in [2.45, 2.75) is 87.4 Å². The van der Waals surface area contributed by atoms with Crippen molar-refractivity contribution in [3.63, 3.8) is 0 Å². The largest absolute Gasteiger partial charge is 0.289 e. The third-order valence-corrected chi connectivity index (χ3v) is 13.2. The molecule has 8 bridgehead atoms. The van der Waals surface area contributed by atoms with E-state index < -0.39 is 5.85 Å². The summed E-state index contributed by atoms with van der Waals surface area (Å²) in [6.07, 6.45) is 16.4. The Hall–Kier alpha value is 1.24. The fraction of sp³-hybridized carbons (Fsp3) is 1.00. The normalized spacial score (nSPS) is 55.2.